The lowest BCUT2D eigenvalue weighted by atomic mass is 10.1. The van der Waals surface area contributed by atoms with E-state index in [4.69, 9.17) is 4.74 Å². The summed E-state index contributed by atoms with van der Waals surface area (Å²) in [5.74, 6) is 0.184. The van der Waals surface area contributed by atoms with Gasteiger partial charge in [-0.25, -0.2) is 0 Å². The predicted molar refractivity (Wildman–Crippen MR) is 127 cm³/mol. The van der Waals surface area contributed by atoms with Crippen molar-refractivity contribution in [2.75, 3.05) is 5.32 Å². The lowest BCUT2D eigenvalue weighted by Gasteiger charge is -2.07. The Morgan fingerprint density at radius 2 is 1.61 bits per heavy atom. The van der Waals surface area contributed by atoms with Crippen LogP contribution < -0.4 is 15.4 Å². The van der Waals surface area contributed by atoms with Gasteiger partial charge in [0, 0.05) is 17.8 Å². The summed E-state index contributed by atoms with van der Waals surface area (Å²) in [5, 5.41) is 14.5. The first kappa shape index (κ1) is 22.2. The van der Waals surface area contributed by atoms with Crippen LogP contribution in [-0.4, -0.2) is 22.0 Å². The van der Waals surface area contributed by atoms with Crippen LogP contribution in [0.25, 0.3) is 0 Å². The van der Waals surface area contributed by atoms with E-state index in [0.717, 1.165) is 16.9 Å². The molecule has 2 N–H and O–H groups in total. The van der Waals surface area contributed by atoms with Gasteiger partial charge in [0.05, 0.1) is 0 Å². The van der Waals surface area contributed by atoms with E-state index in [-0.39, 0.29) is 23.4 Å². The predicted octanol–water partition coefficient (Wildman–Crippen LogP) is 4.61. The maximum Gasteiger partial charge on any atom is 0.286 e. The average molecular weight is 459 g/mol. The van der Waals surface area contributed by atoms with Gasteiger partial charge in [0.25, 0.3) is 11.8 Å². The molecule has 0 saturated carbocycles. The average Bonchev–Trinajstić information content (AvgIpc) is 3.33. The topological polar surface area (TPSA) is 93.2 Å². The summed E-state index contributed by atoms with van der Waals surface area (Å²) in [5.41, 5.74) is 3.25. The highest BCUT2D eigenvalue weighted by molar-refractivity contribution is 7.13. The molecule has 4 rings (SSSR count). The van der Waals surface area contributed by atoms with Gasteiger partial charge < -0.3 is 15.4 Å². The van der Waals surface area contributed by atoms with Crippen LogP contribution in [-0.2, 0) is 13.2 Å². The fourth-order valence-electron chi connectivity index (χ4n) is 2.95. The van der Waals surface area contributed by atoms with Crippen molar-refractivity contribution in [3.63, 3.8) is 0 Å². The highest BCUT2D eigenvalue weighted by Gasteiger charge is 2.14. The molecular weight excluding hydrogens is 436 g/mol. The van der Waals surface area contributed by atoms with Crippen molar-refractivity contribution in [2.45, 2.75) is 20.1 Å². The molecule has 0 aliphatic rings. The molecule has 0 aliphatic heterocycles. The molecular formula is C25H22N4O3S. The van der Waals surface area contributed by atoms with Gasteiger partial charge in [-0.2, -0.15) is 0 Å². The zero-order valence-electron chi connectivity index (χ0n) is 17.9. The Labute approximate surface area is 195 Å². The second kappa shape index (κ2) is 10.5. The third-order valence-electron chi connectivity index (χ3n) is 4.75. The van der Waals surface area contributed by atoms with Crippen molar-refractivity contribution in [1.29, 1.82) is 0 Å². The molecule has 166 valence electrons. The van der Waals surface area contributed by atoms with Crippen molar-refractivity contribution in [3.8, 4) is 5.75 Å². The largest absolute Gasteiger partial charge is 0.486 e. The molecule has 0 unspecified atom stereocenters. The van der Waals surface area contributed by atoms with Crippen LogP contribution in [0.1, 0.15) is 36.3 Å². The number of aryl methyl sites for hydroxylation is 1. The van der Waals surface area contributed by atoms with Crippen LogP contribution in [0.2, 0.25) is 0 Å². The number of rotatable bonds is 8. The SMILES string of the molecule is Cc1ccc(OCc2nnc(C(=O)Nc3ccc(C(=O)NCc4ccccc4)cc3)s2)cc1. The molecule has 0 atom stereocenters. The Bertz CT molecular complexity index is 1220. The monoisotopic (exact) mass is 458 g/mol. The maximum absolute atomic E-state index is 12.5. The molecule has 4 aromatic rings. The second-order valence-corrected chi connectivity index (χ2v) is 8.36. The Kier molecular flexibility index (Phi) is 7.06. The van der Waals surface area contributed by atoms with Gasteiger partial charge in [-0.3, -0.25) is 9.59 Å². The number of anilines is 1. The first-order chi connectivity index (χ1) is 16.1. The Morgan fingerprint density at radius 3 is 2.33 bits per heavy atom. The molecule has 1 heterocycles. The smallest absolute Gasteiger partial charge is 0.286 e. The number of carbonyl (C=O) groups is 2. The second-order valence-electron chi connectivity index (χ2n) is 7.30. The number of amides is 2. The normalized spacial score (nSPS) is 10.5. The maximum atomic E-state index is 12.5. The lowest BCUT2D eigenvalue weighted by molar-refractivity contribution is 0.0950. The molecule has 0 bridgehead atoms. The molecule has 2 amide bonds. The van der Waals surface area contributed by atoms with Crippen molar-refractivity contribution in [1.82, 2.24) is 15.5 Å². The van der Waals surface area contributed by atoms with Crippen LogP contribution in [0.15, 0.2) is 78.9 Å². The number of ether oxygens (including phenoxy) is 1. The highest BCUT2D eigenvalue weighted by Crippen LogP contribution is 2.17. The van der Waals surface area contributed by atoms with Crippen LogP contribution in [0.4, 0.5) is 5.69 Å². The number of benzene rings is 3. The molecule has 1 aromatic heterocycles. The fourth-order valence-corrected chi connectivity index (χ4v) is 3.60. The fraction of sp³-hybridized carbons (Fsp3) is 0.120. The van der Waals surface area contributed by atoms with Crippen molar-refractivity contribution < 1.29 is 14.3 Å². The number of hydrogen-bond acceptors (Lipinski definition) is 6. The lowest BCUT2D eigenvalue weighted by Crippen LogP contribution is -2.22. The standard InChI is InChI=1S/C25H22N4O3S/c1-17-7-13-21(14-8-17)32-16-22-28-29-25(33-22)24(31)27-20-11-9-19(10-12-20)23(30)26-15-18-5-3-2-4-6-18/h2-14H,15-16H2,1H3,(H,26,30)(H,27,31). The van der Waals surface area contributed by atoms with E-state index in [2.05, 4.69) is 20.8 Å². The van der Waals surface area contributed by atoms with Crippen molar-refractivity contribution >= 4 is 28.8 Å². The summed E-state index contributed by atoms with van der Waals surface area (Å²) >= 11 is 1.17. The van der Waals surface area contributed by atoms with Crippen LogP contribution >= 0.6 is 11.3 Å². The first-order valence-corrected chi connectivity index (χ1v) is 11.1. The van der Waals surface area contributed by atoms with E-state index in [1.807, 2.05) is 61.5 Å². The van der Waals surface area contributed by atoms with Gasteiger partial charge in [-0.05, 0) is 48.9 Å². The molecule has 0 fully saturated rings. The van der Waals surface area contributed by atoms with Crippen LogP contribution in [0.5, 0.6) is 5.75 Å². The summed E-state index contributed by atoms with van der Waals surface area (Å²) in [6.45, 7) is 2.69. The van der Waals surface area contributed by atoms with E-state index >= 15 is 0 Å². The summed E-state index contributed by atoms with van der Waals surface area (Å²) < 4.78 is 5.68. The quantitative estimate of drug-likeness (QED) is 0.402. The zero-order valence-corrected chi connectivity index (χ0v) is 18.8. The van der Waals surface area contributed by atoms with Gasteiger partial charge in [-0.1, -0.05) is 59.4 Å². The molecule has 0 saturated heterocycles. The van der Waals surface area contributed by atoms with E-state index in [1.165, 1.54) is 11.3 Å². The molecule has 3 aromatic carbocycles. The van der Waals surface area contributed by atoms with Gasteiger partial charge >= 0.3 is 0 Å². The molecule has 8 heteroatoms. The molecule has 0 spiro atoms. The van der Waals surface area contributed by atoms with Gasteiger partial charge in [0.2, 0.25) is 5.01 Å². The van der Waals surface area contributed by atoms with Gasteiger partial charge in [0.15, 0.2) is 5.01 Å². The number of hydrogen-bond donors (Lipinski definition) is 2. The highest BCUT2D eigenvalue weighted by atomic mass is 32.1. The molecule has 7 nitrogen and oxygen atoms in total. The zero-order chi connectivity index (χ0) is 23.0. The van der Waals surface area contributed by atoms with E-state index in [0.29, 0.717) is 22.8 Å². The van der Waals surface area contributed by atoms with E-state index < -0.39 is 0 Å². The number of aromatic nitrogens is 2. The van der Waals surface area contributed by atoms with E-state index in [1.54, 1.807) is 24.3 Å². The first-order valence-electron chi connectivity index (χ1n) is 10.3. The molecule has 0 aliphatic carbocycles. The minimum Gasteiger partial charge on any atom is -0.486 e. The van der Waals surface area contributed by atoms with Gasteiger partial charge in [-0.15, -0.1) is 10.2 Å². The number of carbonyl (C=O) groups excluding carboxylic acids is 2. The van der Waals surface area contributed by atoms with Gasteiger partial charge in [0.1, 0.15) is 12.4 Å². The minimum absolute atomic E-state index is 0.181. The third kappa shape index (κ3) is 6.24. The van der Waals surface area contributed by atoms with E-state index in [9.17, 15) is 9.59 Å². The van der Waals surface area contributed by atoms with Crippen LogP contribution in [0, 0.1) is 6.92 Å². The molecule has 33 heavy (non-hydrogen) atoms. The van der Waals surface area contributed by atoms with Crippen molar-refractivity contribution in [3.05, 3.63) is 106 Å². The van der Waals surface area contributed by atoms with Crippen molar-refractivity contribution in [2.24, 2.45) is 0 Å². The summed E-state index contributed by atoms with van der Waals surface area (Å²) in [6, 6.07) is 24.1. The Balaban J connectivity index is 1.28. The minimum atomic E-state index is -0.365. The summed E-state index contributed by atoms with van der Waals surface area (Å²) in [6.07, 6.45) is 0. The Hall–Kier alpha value is -4.04. The summed E-state index contributed by atoms with van der Waals surface area (Å²) in [4.78, 5) is 24.8. The summed E-state index contributed by atoms with van der Waals surface area (Å²) in [7, 11) is 0. The Morgan fingerprint density at radius 1 is 0.879 bits per heavy atom. The number of nitrogens with zero attached hydrogens (tertiary/aromatic N) is 2. The van der Waals surface area contributed by atoms with Crippen LogP contribution in [0.3, 0.4) is 0 Å². The third-order valence-corrected chi connectivity index (χ3v) is 5.64. The molecule has 0 radical (unpaired) electrons. The number of nitrogens with one attached hydrogen (secondary N) is 2.